The van der Waals surface area contributed by atoms with E-state index in [0.717, 1.165) is 0 Å². The molecule has 222 valence electrons. The molecule has 0 bridgehead atoms. The van der Waals surface area contributed by atoms with Gasteiger partial charge in [0.2, 0.25) is 0 Å². The first-order chi connectivity index (χ1) is 22.2. The molecule has 7 aromatic carbocycles. The summed E-state index contributed by atoms with van der Waals surface area (Å²) in [7, 11) is 0. The van der Waals surface area contributed by atoms with Gasteiger partial charge in [0.25, 0.3) is 0 Å². The Balaban J connectivity index is 1.25. The Morgan fingerprint density at radius 1 is 0.391 bits per heavy atom. The van der Waals surface area contributed by atoms with Crippen molar-refractivity contribution in [1.82, 2.24) is 0 Å². The van der Waals surface area contributed by atoms with E-state index in [-0.39, 0.29) is 10.8 Å². The van der Waals surface area contributed by atoms with Gasteiger partial charge in [-0.2, -0.15) is 0 Å². The second kappa shape index (κ2) is 9.30. The zero-order valence-electron chi connectivity index (χ0n) is 27.5. The van der Waals surface area contributed by atoms with Gasteiger partial charge in [0.15, 0.2) is 0 Å². The highest BCUT2D eigenvalue weighted by Gasteiger charge is 2.47. The summed E-state index contributed by atoms with van der Waals surface area (Å²) in [5, 5.41) is 5.19. The van der Waals surface area contributed by atoms with E-state index in [0.29, 0.717) is 0 Å². The Morgan fingerprint density at radius 3 is 1.22 bits per heavy atom. The van der Waals surface area contributed by atoms with Crippen molar-refractivity contribution in [2.75, 3.05) is 0 Å². The molecule has 9 rings (SSSR count). The standard InChI is InChI=1S/C46H38/c1-27-28(2)42-38-24-22-32(36-20-12-16-30-14-8-10-18-34(30)36)26-40(38)46(5,6)44(42)43-41(27)37-23-21-31(25-39(37)45(43,3)4)35-19-11-15-29-13-7-9-17-33(29)35/h7-26H,1-6H3. The summed E-state index contributed by atoms with van der Waals surface area (Å²) in [5.41, 5.74) is 19.4. The van der Waals surface area contributed by atoms with E-state index < -0.39 is 0 Å². The molecule has 0 N–H and O–H groups in total. The van der Waals surface area contributed by atoms with Crippen molar-refractivity contribution < 1.29 is 0 Å². The molecule has 2 aliphatic carbocycles. The van der Waals surface area contributed by atoms with Gasteiger partial charge in [0.05, 0.1) is 0 Å². The molecule has 0 aliphatic heterocycles. The molecule has 0 fully saturated rings. The van der Waals surface area contributed by atoms with E-state index in [2.05, 4.69) is 163 Å². The van der Waals surface area contributed by atoms with Crippen LogP contribution in [0, 0.1) is 13.8 Å². The van der Waals surface area contributed by atoms with E-state index in [9.17, 15) is 0 Å². The summed E-state index contributed by atoms with van der Waals surface area (Å²) in [4.78, 5) is 0. The summed E-state index contributed by atoms with van der Waals surface area (Å²) in [6, 6.07) is 45.4. The van der Waals surface area contributed by atoms with Gasteiger partial charge in [-0.3, -0.25) is 0 Å². The van der Waals surface area contributed by atoms with Crippen LogP contribution in [-0.2, 0) is 10.8 Å². The molecule has 0 unspecified atom stereocenters. The minimum absolute atomic E-state index is 0.133. The van der Waals surface area contributed by atoms with Gasteiger partial charge in [-0.25, -0.2) is 0 Å². The van der Waals surface area contributed by atoms with Gasteiger partial charge in [0, 0.05) is 10.8 Å². The van der Waals surface area contributed by atoms with E-state index in [1.165, 1.54) is 99.4 Å². The molecular formula is C46H38. The first kappa shape index (κ1) is 27.4. The quantitative estimate of drug-likeness (QED) is 0.188. The molecule has 0 atom stereocenters. The van der Waals surface area contributed by atoms with Crippen molar-refractivity contribution in [3.63, 3.8) is 0 Å². The van der Waals surface area contributed by atoms with Crippen molar-refractivity contribution in [2.45, 2.75) is 52.4 Å². The van der Waals surface area contributed by atoms with Crippen LogP contribution in [0.25, 0.3) is 66.1 Å². The summed E-state index contributed by atoms with van der Waals surface area (Å²) in [6.45, 7) is 14.5. The number of rotatable bonds is 2. The summed E-state index contributed by atoms with van der Waals surface area (Å²) in [6.07, 6.45) is 0. The molecular weight excluding hydrogens is 553 g/mol. The second-order valence-electron chi connectivity index (χ2n) is 14.6. The zero-order valence-corrected chi connectivity index (χ0v) is 27.5. The monoisotopic (exact) mass is 590 g/mol. The maximum absolute atomic E-state index is 2.49. The number of hydrogen-bond donors (Lipinski definition) is 0. The Bertz CT molecular complexity index is 2250. The molecule has 0 heterocycles. The maximum Gasteiger partial charge on any atom is 0.0162 e. The lowest BCUT2D eigenvalue weighted by Gasteiger charge is -2.32. The average Bonchev–Trinajstić information content (AvgIpc) is 3.45. The Hall–Kier alpha value is -4.94. The van der Waals surface area contributed by atoms with Gasteiger partial charge in [-0.05, 0) is 125 Å². The van der Waals surface area contributed by atoms with Crippen molar-refractivity contribution >= 4 is 21.5 Å². The molecule has 0 heteroatoms. The Kier molecular flexibility index (Phi) is 5.54. The van der Waals surface area contributed by atoms with E-state index in [4.69, 9.17) is 0 Å². The van der Waals surface area contributed by atoms with E-state index >= 15 is 0 Å². The highest BCUT2D eigenvalue weighted by atomic mass is 14.5. The van der Waals surface area contributed by atoms with Crippen LogP contribution in [0.1, 0.15) is 61.1 Å². The fourth-order valence-corrected chi connectivity index (χ4v) is 9.04. The van der Waals surface area contributed by atoms with Crippen LogP contribution >= 0.6 is 0 Å². The van der Waals surface area contributed by atoms with Gasteiger partial charge >= 0.3 is 0 Å². The Morgan fingerprint density at radius 2 is 0.783 bits per heavy atom. The van der Waals surface area contributed by atoms with Gasteiger partial charge in [-0.15, -0.1) is 0 Å². The lowest BCUT2D eigenvalue weighted by atomic mass is 9.71. The molecule has 2 aliphatic rings. The highest BCUT2D eigenvalue weighted by Crippen LogP contribution is 2.61. The predicted octanol–water partition coefficient (Wildman–Crippen LogP) is 12.6. The molecule has 0 spiro atoms. The van der Waals surface area contributed by atoms with Crippen molar-refractivity contribution in [1.29, 1.82) is 0 Å². The summed E-state index contributed by atoms with van der Waals surface area (Å²) >= 11 is 0. The van der Waals surface area contributed by atoms with E-state index in [1.54, 1.807) is 0 Å². The minimum atomic E-state index is -0.133. The molecule has 0 saturated heterocycles. The van der Waals surface area contributed by atoms with Crippen LogP contribution in [0.3, 0.4) is 0 Å². The lowest BCUT2D eigenvalue weighted by Crippen LogP contribution is -2.24. The molecule has 0 radical (unpaired) electrons. The van der Waals surface area contributed by atoms with Crippen LogP contribution in [0.4, 0.5) is 0 Å². The molecule has 46 heavy (non-hydrogen) atoms. The van der Waals surface area contributed by atoms with Crippen LogP contribution in [0.15, 0.2) is 121 Å². The average molecular weight is 591 g/mol. The third-order valence-corrected chi connectivity index (χ3v) is 11.4. The van der Waals surface area contributed by atoms with Gasteiger partial charge in [-0.1, -0.05) is 137 Å². The van der Waals surface area contributed by atoms with Gasteiger partial charge < -0.3 is 0 Å². The molecule has 0 amide bonds. The number of fused-ring (bicyclic) bond motifs is 9. The minimum Gasteiger partial charge on any atom is -0.0616 e. The smallest absolute Gasteiger partial charge is 0.0162 e. The first-order valence-electron chi connectivity index (χ1n) is 16.6. The maximum atomic E-state index is 2.49. The molecule has 0 aromatic heterocycles. The number of benzene rings is 7. The number of hydrogen-bond acceptors (Lipinski definition) is 0. The summed E-state index contributed by atoms with van der Waals surface area (Å²) in [5.74, 6) is 0. The molecule has 0 saturated carbocycles. The van der Waals surface area contributed by atoms with Crippen molar-refractivity contribution in [2.24, 2.45) is 0 Å². The van der Waals surface area contributed by atoms with Crippen molar-refractivity contribution in [3.05, 3.63) is 155 Å². The highest BCUT2D eigenvalue weighted by molar-refractivity contribution is 6.01. The van der Waals surface area contributed by atoms with Crippen LogP contribution in [-0.4, -0.2) is 0 Å². The largest absolute Gasteiger partial charge is 0.0616 e. The topological polar surface area (TPSA) is 0 Å². The van der Waals surface area contributed by atoms with E-state index in [1.807, 2.05) is 0 Å². The fraction of sp³-hybridized carbons (Fsp3) is 0.174. The first-order valence-corrected chi connectivity index (χ1v) is 16.6. The molecule has 7 aromatic rings. The third kappa shape index (κ3) is 3.50. The normalized spacial score (nSPS) is 15.1. The summed E-state index contributed by atoms with van der Waals surface area (Å²) < 4.78 is 0. The van der Waals surface area contributed by atoms with Crippen molar-refractivity contribution in [3.8, 4) is 44.5 Å². The zero-order chi connectivity index (χ0) is 31.5. The van der Waals surface area contributed by atoms with Gasteiger partial charge in [0.1, 0.15) is 0 Å². The fourth-order valence-electron chi connectivity index (χ4n) is 9.04. The van der Waals surface area contributed by atoms with Crippen LogP contribution in [0.5, 0.6) is 0 Å². The predicted molar refractivity (Wildman–Crippen MR) is 197 cm³/mol. The van der Waals surface area contributed by atoms with Crippen LogP contribution in [0.2, 0.25) is 0 Å². The lowest BCUT2D eigenvalue weighted by molar-refractivity contribution is 0.601. The second-order valence-corrected chi connectivity index (χ2v) is 14.6. The van der Waals surface area contributed by atoms with Crippen LogP contribution < -0.4 is 0 Å². The SMILES string of the molecule is Cc1c(C)c2c(c3c1-c1ccc(-c4cccc5ccccc45)cc1C3(C)C)C(C)(C)c1cc(-c3cccc4ccccc34)ccc1-2. The third-order valence-electron chi connectivity index (χ3n) is 11.4. The molecule has 0 nitrogen and oxygen atoms in total. The Labute approximate surface area is 272 Å².